The van der Waals surface area contributed by atoms with Gasteiger partial charge in [0.1, 0.15) is 0 Å². The van der Waals surface area contributed by atoms with Crippen LogP contribution in [-0.2, 0) is 10.2 Å². The predicted octanol–water partition coefficient (Wildman–Crippen LogP) is 2.06. The number of likely N-dealkylation sites (N-methyl/N-ethyl adjacent to an activating group) is 1. The number of methoxy groups -OCH3 is 1. The first-order valence-electron chi connectivity index (χ1n) is 6.78. The highest BCUT2D eigenvalue weighted by Gasteiger charge is 2.17. The van der Waals surface area contributed by atoms with Crippen LogP contribution in [0.25, 0.3) is 0 Å². The van der Waals surface area contributed by atoms with Gasteiger partial charge in [0.25, 0.3) is 5.91 Å². The Bertz CT molecular complexity index is 434. The van der Waals surface area contributed by atoms with E-state index >= 15 is 0 Å². The number of nitrogens with zero attached hydrogens (tertiary/aromatic N) is 1. The molecule has 20 heavy (non-hydrogen) atoms. The quantitative estimate of drug-likeness (QED) is 0.897. The zero-order valence-electron chi connectivity index (χ0n) is 13.0. The van der Waals surface area contributed by atoms with E-state index in [1.165, 1.54) is 17.6 Å². The van der Waals surface area contributed by atoms with Crippen molar-refractivity contribution < 1.29 is 14.6 Å². The molecule has 0 fully saturated rings. The van der Waals surface area contributed by atoms with E-state index in [1.54, 1.807) is 7.05 Å². The lowest BCUT2D eigenvalue weighted by Gasteiger charge is -2.22. The Morgan fingerprint density at radius 3 is 2.30 bits per heavy atom. The van der Waals surface area contributed by atoms with E-state index in [9.17, 15) is 9.90 Å². The normalized spacial score (nSPS) is 13.1. The lowest BCUT2D eigenvalue weighted by atomic mass is 9.86. The molecule has 0 spiro atoms. The van der Waals surface area contributed by atoms with Crippen molar-refractivity contribution in [3.05, 3.63) is 35.4 Å². The van der Waals surface area contributed by atoms with Crippen LogP contribution < -0.4 is 0 Å². The fourth-order valence-electron chi connectivity index (χ4n) is 1.98. The molecular weight excluding hydrogens is 254 g/mol. The first kappa shape index (κ1) is 16.7. The van der Waals surface area contributed by atoms with Gasteiger partial charge < -0.3 is 14.7 Å². The van der Waals surface area contributed by atoms with Gasteiger partial charge in [-0.1, -0.05) is 32.9 Å². The van der Waals surface area contributed by atoms with Crippen molar-refractivity contribution >= 4 is 5.91 Å². The number of aliphatic hydroxyl groups excluding tert-OH is 1. The number of ether oxygens (including phenoxy) is 1. The van der Waals surface area contributed by atoms with Gasteiger partial charge in [-0.2, -0.15) is 0 Å². The number of benzene rings is 1. The fraction of sp³-hybridized carbons (Fsp3) is 0.562. The Hall–Kier alpha value is -1.39. The van der Waals surface area contributed by atoms with Gasteiger partial charge in [0.2, 0.25) is 0 Å². The number of carbonyl (C=O) groups is 1. The zero-order valence-corrected chi connectivity index (χ0v) is 13.0. The van der Waals surface area contributed by atoms with E-state index in [0.29, 0.717) is 5.56 Å². The molecule has 1 N–H and O–H groups in total. The van der Waals surface area contributed by atoms with Crippen LogP contribution in [0.1, 0.15) is 36.7 Å². The second-order valence-corrected chi connectivity index (χ2v) is 6.12. The molecule has 1 rings (SSSR count). The maximum absolute atomic E-state index is 12.2. The summed E-state index contributed by atoms with van der Waals surface area (Å²) in [5.41, 5.74) is 1.89. The summed E-state index contributed by atoms with van der Waals surface area (Å²) in [6.07, 6.45) is -0.664. The molecule has 0 saturated carbocycles. The molecule has 1 unspecified atom stereocenters. The Labute approximate surface area is 121 Å². The summed E-state index contributed by atoms with van der Waals surface area (Å²) in [6, 6.07) is 7.63. The Balaban J connectivity index is 2.72. The van der Waals surface area contributed by atoms with Crippen molar-refractivity contribution in [3.8, 4) is 0 Å². The molecule has 1 aromatic carbocycles. The van der Waals surface area contributed by atoms with Crippen molar-refractivity contribution in [3.63, 3.8) is 0 Å². The fourth-order valence-corrected chi connectivity index (χ4v) is 1.98. The van der Waals surface area contributed by atoms with Crippen LogP contribution in [0.2, 0.25) is 0 Å². The summed E-state index contributed by atoms with van der Waals surface area (Å²) in [5, 5.41) is 9.65. The van der Waals surface area contributed by atoms with E-state index in [2.05, 4.69) is 20.8 Å². The molecule has 4 heteroatoms. The highest BCUT2D eigenvalue weighted by Crippen LogP contribution is 2.22. The van der Waals surface area contributed by atoms with Crippen LogP contribution in [0.5, 0.6) is 0 Å². The zero-order chi connectivity index (χ0) is 15.3. The Morgan fingerprint density at radius 1 is 1.30 bits per heavy atom. The Morgan fingerprint density at radius 2 is 1.85 bits per heavy atom. The first-order valence-corrected chi connectivity index (χ1v) is 6.78. The average Bonchev–Trinajstić information content (AvgIpc) is 2.37. The molecule has 0 aliphatic carbocycles. The second kappa shape index (κ2) is 6.86. The van der Waals surface area contributed by atoms with E-state index in [4.69, 9.17) is 4.74 Å². The third-order valence-corrected chi connectivity index (χ3v) is 3.19. The number of hydrogen-bond acceptors (Lipinski definition) is 3. The van der Waals surface area contributed by atoms with Gasteiger partial charge in [0, 0.05) is 26.3 Å². The molecule has 0 saturated heterocycles. The van der Waals surface area contributed by atoms with Crippen LogP contribution in [0.3, 0.4) is 0 Å². The predicted molar refractivity (Wildman–Crippen MR) is 80.0 cm³/mol. The number of carbonyl (C=O) groups excluding carboxylic acids is 1. The average molecular weight is 279 g/mol. The molecule has 112 valence electrons. The van der Waals surface area contributed by atoms with Crippen molar-refractivity contribution in [2.45, 2.75) is 32.3 Å². The van der Waals surface area contributed by atoms with Gasteiger partial charge in [0.15, 0.2) is 0 Å². The first-order chi connectivity index (χ1) is 9.25. The highest BCUT2D eigenvalue weighted by molar-refractivity contribution is 5.94. The minimum absolute atomic E-state index is 0.0716. The molecule has 0 aromatic heterocycles. The number of aliphatic hydroxyl groups is 1. The summed E-state index contributed by atoms with van der Waals surface area (Å²) in [5.74, 6) is -0.0967. The van der Waals surface area contributed by atoms with E-state index < -0.39 is 6.10 Å². The van der Waals surface area contributed by atoms with Gasteiger partial charge in [-0.15, -0.1) is 0 Å². The molecule has 1 atom stereocenters. The summed E-state index contributed by atoms with van der Waals surface area (Å²) in [7, 11) is 3.20. The van der Waals surface area contributed by atoms with Crippen molar-refractivity contribution in [1.29, 1.82) is 0 Å². The van der Waals surface area contributed by atoms with E-state index in [0.717, 1.165) is 0 Å². The van der Waals surface area contributed by atoms with Crippen molar-refractivity contribution in [2.24, 2.45) is 0 Å². The number of rotatable bonds is 5. The second-order valence-electron chi connectivity index (χ2n) is 6.12. The van der Waals surface area contributed by atoms with Crippen molar-refractivity contribution in [1.82, 2.24) is 4.90 Å². The summed E-state index contributed by atoms with van der Waals surface area (Å²) >= 11 is 0. The van der Waals surface area contributed by atoms with E-state index in [1.807, 2.05) is 24.3 Å². The maximum Gasteiger partial charge on any atom is 0.253 e. The molecule has 0 bridgehead atoms. The molecule has 4 nitrogen and oxygen atoms in total. The van der Waals surface area contributed by atoms with Crippen LogP contribution in [0.15, 0.2) is 24.3 Å². The van der Waals surface area contributed by atoms with Gasteiger partial charge in [-0.05, 0) is 23.1 Å². The largest absolute Gasteiger partial charge is 0.389 e. The molecule has 1 amide bonds. The van der Waals surface area contributed by atoms with E-state index in [-0.39, 0.29) is 24.5 Å². The minimum atomic E-state index is -0.664. The lowest BCUT2D eigenvalue weighted by molar-refractivity contribution is 0.0380. The third kappa shape index (κ3) is 4.62. The maximum atomic E-state index is 12.2. The van der Waals surface area contributed by atoms with Crippen LogP contribution in [0, 0.1) is 0 Å². The minimum Gasteiger partial charge on any atom is -0.389 e. The molecule has 0 aliphatic rings. The molecule has 0 radical (unpaired) electrons. The van der Waals surface area contributed by atoms with Crippen LogP contribution >= 0.6 is 0 Å². The summed E-state index contributed by atoms with van der Waals surface area (Å²) in [6.45, 7) is 6.89. The van der Waals surface area contributed by atoms with Crippen molar-refractivity contribution in [2.75, 3.05) is 27.3 Å². The third-order valence-electron chi connectivity index (χ3n) is 3.19. The summed E-state index contributed by atoms with van der Waals surface area (Å²) in [4.78, 5) is 13.7. The SMILES string of the molecule is COCC(O)CN(C)C(=O)c1ccc(C(C)(C)C)cc1. The lowest BCUT2D eigenvalue weighted by Crippen LogP contribution is -2.36. The number of amides is 1. The summed E-state index contributed by atoms with van der Waals surface area (Å²) < 4.78 is 4.86. The van der Waals surface area contributed by atoms with Gasteiger partial charge in [0.05, 0.1) is 12.7 Å². The smallest absolute Gasteiger partial charge is 0.253 e. The van der Waals surface area contributed by atoms with Gasteiger partial charge in [-0.3, -0.25) is 4.79 Å². The standard InChI is InChI=1S/C16H25NO3/c1-16(2,3)13-8-6-12(7-9-13)15(19)17(4)10-14(18)11-20-5/h6-9,14,18H,10-11H2,1-5H3. The highest BCUT2D eigenvalue weighted by atomic mass is 16.5. The topological polar surface area (TPSA) is 49.8 Å². The molecular formula is C16H25NO3. The monoisotopic (exact) mass is 279 g/mol. The Kier molecular flexibility index (Phi) is 5.72. The number of hydrogen-bond donors (Lipinski definition) is 1. The van der Waals surface area contributed by atoms with Crippen LogP contribution in [0.4, 0.5) is 0 Å². The van der Waals surface area contributed by atoms with Gasteiger partial charge in [-0.25, -0.2) is 0 Å². The molecule has 1 aromatic rings. The van der Waals surface area contributed by atoms with Gasteiger partial charge >= 0.3 is 0 Å². The molecule has 0 heterocycles. The molecule has 0 aliphatic heterocycles. The van der Waals surface area contributed by atoms with Crippen LogP contribution in [-0.4, -0.2) is 49.3 Å².